The highest BCUT2D eigenvalue weighted by molar-refractivity contribution is 8.10. The molecule has 0 aromatic carbocycles. The molecule has 0 heterocycles. The Bertz CT molecular complexity index is 238. The Labute approximate surface area is 97.6 Å². The first-order chi connectivity index (χ1) is 6.52. The zero-order valence-corrected chi connectivity index (χ0v) is 10.8. The normalized spacial score (nSPS) is 11.0. The van der Waals surface area contributed by atoms with Gasteiger partial charge in [-0.1, -0.05) is 29.9 Å². The van der Waals surface area contributed by atoms with Gasteiger partial charge in [-0.05, 0) is 51.9 Å². The predicted molar refractivity (Wildman–Crippen MR) is 70.0 cm³/mol. The van der Waals surface area contributed by atoms with Gasteiger partial charge >= 0.3 is 0 Å². The Balaban J connectivity index is 3.67. The molecular weight excluding hydrogens is 212 g/mol. The minimum absolute atomic E-state index is 0.304. The molecule has 1 nitrogen and oxygen atoms in total. The lowest BCUT2D eigenvalue weighted by Crippen LogP contribution is -1.93. The predicted octanol–water partition coefficient (Wildman–Crippen LogP) is 3.91. The van der Waals surface area contributed by atoms with Gasteiger partial charge in [0.15, 0.2) is 0 Å². The fourth-order valence-electron chi connectivity index (χ4n) is 0.946. The Kier molecular flexibility index (Phi) is 7.90. The molecule has 0 aromatic heterocycles. The van der Waals surface area contributed by atoms with Crippen LogP contribution in [0.3, 0.4) is 0 Å². The molecule has 0 aliphatic heterocycles. The van der Waals surface area contributed by atoms with Gasteiger partial charge in [0, 0.05) is 0 Å². The van der Waals surface area contributed by atoms with E-state index in [9.17, 15) is 0 Å². The molecule has 0 spiro atoms. The maximum atomic E-state index is 5.04. The topological polar surface area (TPSA) is 9.23 Å². The Morgan fingerprint density at radius 2 is 1.93 bits per heavy atom. The summed E-state index contributed by atoms with van der Waals surface area (Å²) in [6.45, 7) is 6.86. The van der Waals surface area contributed by atoms with Crippen LogP contribution >= 0.6 is 24.8 Å². The summed E-state index contributed by atoms with van der Waals surface area (Å²) in [5.41, 5.74) is 2.69. The number of thiocarbonyl (C=S) groups is 1. The van der Waals surface area contributed by atoms with Gasteiger partial charge in [0.25, 0.3) is 0 Å². The summed E-state index contributed by atoms with van der Waals surface area (Å²) in [6, 6.07) is 0. The van der Waals surface area contributed by atoms with E-state index in [1.165, 1.54) is 11.1 Å². The van der Waals surface area contributed by atoms with Crippen LogP contribution in [-0.2, 0) is 4.74 Å². The summed E-state index contributed by atoms with van der Waals surface area (Å²) >= 11 is 8.54. The third kappa shape index (κ3) is 9.81. The lowest BCUT2D eigenvalue weighted by molar-refractivity contribution is 0.369. The minimum atomic E-state index is 0.304. The van der Waals surface area contributed by atoms with Crippen LogP contribution in [0.4, 0.5) is 0 Å². The quantitative estimate of drug-likeness (QED) is 0.435. The van der Waals surface area contributed by atoms with Crippen LogP contribution in [0.5, 0.6) is 0 Å². The number of thiol groups is 1. The second-order valence-corrected chi connectivity index (χ2v) is 4.53. The molecule has 3 heteroatoms. The largest absolute Gasteiger partial charge is 0.475 e. The number of rotatable bonds is 5. The van der Waals surface area contributed by atoms with Gasteiger partial charge in [0.2, 0.25) is 4.38 Å². The van der Waals surface area contributed by atoms with Gasteiger partial charge in [0.1, 0.15) is 6.61 Å². The number of hydrogen-bond donors (Lipinski definition) is 1. The maximum absolute atomic E-state index is 5.04. The summed E-state index contributed by atoms with van der Waals surface area (Å²) in [5, 5.41) is 0. The van der Waals surface area contributed by atoms with Crippen molar-refractivity contribution in [3.63, 3.8) is 0 Å². The molecule has 0 aliphatic rings. The molecule has 0 atom stereocenters. The molecule has 0 saturated heterocycles. The molecule has 0 bridgehead atoms. The molecule has 0 saturated carbocycles. The van der Waals surface area contributed by atoms with Gasteiger partial charge in [0.05, 0.1) is 0 Å². The average Bonchev–Trinajstić information content (AvgIpc) is 2.02. The van der Waals surface area contributed by atoms with Gasteiger partial charge < -0.3 is 4.74 Å². The molecule has 14 heavy (non-hydrogen) atoms. The fraction of sp³-hybridized carbons (Fsp3) is 0.545. The van der Waals surface area contributed by atoms with Gasteiger partial charge in [-0.25, -0.2) is 0 Å². The third-order valence-corrected chi connectivity index (χ3v) is 1.98. The van der Waals surface area contributed by atoms with E-state index in [1.807, 2.05) is 6.08 Å². The zero-order chi connectivity index (χ0) is 11.0. The van der Waals surface area contributed by atoms with E-state index in [0.29, 0.717) is 11.0 Å². The summed E-state index contributed by atoms with van der Waals surface area (Å²) in [6.07, 6.45) is 6.45. The van der Waals surface area contributed by atoms with E-state index < -0.39 is 0 Å². The first-order valence-electron chi connectivity index (χ1n) is 4.67. The highest BCUT2D eigenvalue weighted by atomic mass is 32.1. The van der Waals surface area contributed by atoms with E-state index >= 15 is 0 Å². The molecule has 80 valence electrons. The van der Waals surface area contributed by atoms with Crippen molar-refractivity contribution in [2.24, 2.45) is 0 Å². The standard InChI is InChI=1S/C11H18OS2/c1-9(2)5-4-6-10(3)7-8-12-11(13)14/h5,7H,4,6,8H2,1-3H3,(H,13,14)/b10-7+. The highest BCUT2D eigenvalue weighted by Gasteiger charge is 1.90. The lowest BCUT2D eigenvalue weighted by Gasteiger charge is -2.00. The van der Waals surface area contributed by atoms with Gasteiger partial charge in [-0.3, -0.25) is 0 Å². The van der Waals surface area contributed by atoms with Crippen molar-refractivity contribution in [3.8, 4) is 0 Å². The lowest BCUT2D eigenvalue weighted by atomic mass is 10.1. The SMILES string of the molecule is CC(C)=CCC/C(C)=C/COC(=S)S. The number of ether oxygens (including phenoxy) is 1. The molecule has 0 amide bonds. The Hall–Kier alpha value is -0.280. The average molecular weight is 230 g/mol. The van der Waals surface area contributed by atoms with Gasteiger partial charge in [-0.15, -0.1) is 0 Å². The van der Waals surface area contributed by atoms with Crippen molar-refractivity contribution < 1.29 is 4.74 Å². The molecule has 0 unspecified atom stereocenters. The molecule has 0 rings (SSSR count). The van der Waals surface area contributed by atoms with E-state index in [4.69, 9.17) is 4.74 Å². The Morgan fingerprint density at radius 3 is 2.43 bits per heavy atom. The zero-order valence-electron chi connectivity index (χ0n) is 9.04. The van der Waals surface area contributed by atoms with Crippen LogP contribution in [0.2, 0.25) is 0 Å². The highest BCUT2D eigenvalue weighted by Crippen LogP contribution is 2.06. The van der Waals surface area contributed by atoms with Crippen LogP contribution in [0, 0.1) is 0 Å². The molecule has 0 aromatic rings. The minimum Gasteiger partial charge on any atom is -0.475 e. The van der Waals surface area contributed by atoms with Crippen LogP contribution in [-0.4, -0.2) is 11.0 Å². The van der Waals surface area contributed by atoms with Crippen molar-refractivity contribution in [2.45, 2.75) is 33.6 Å². The summed E-state index contributed by atoms with van der Waals surface area (Å²) in [7, 11) is 0. The van der Waals surface area contributed by atoms with E-state index in [0.717, 1.165) is 12.8 Å². The van der Waals surface area contributed by atoms with Gasteiger partial charge in [-0.2, -0.15) is 0 Å². The second-order valence-electron chi connectivity index (χ2n) is 3.45. The first-order valence-corrected chi connectivity index (χ1v) is 5.52. The van der Waals surface area contributed by atoms with Crippen LogP contribution < -0.4 is 0 Å². The summed E-state index contributed by atoms with van der Waals surface area (Å²) in [5.74, 6) is 0. The van der Waals surface area contributed by atoms with E-state index in [2.05, 4.69) is 51.7 Å². The van der Waals surface area contributed by atoms with Crippen molar-refractivity contribution in [1.29, 1.82) is 0 Å². The number of hydrogen-bond acceptors (Lipinski definition) is 2. The van der Waals surface area contributed by atoms with Crippen molar-refractivity contribution in [2.75, 3.05) is 6.61 Å². The van der Waals surface area contributed by atoms with Crippen LogP contribution in [0.15, 0.2) is 23.3 Å². The molecule has 0 N–H and O–H groups in total. The Morgan fingerprint density at radius 1 is 1.29 bits per heavy atom. The van der Waals surface area contributed by atoms with E-state index in [-0.39, 0.29) is 0 Å². The summed E-state index contributed by atoms with van der Waals surface area (Å²) < 4.78 is 5.35. The second kappa shape index (κ2) is 8.06. The third-order valence-electron chi connectivity index (χ3n) is 1.73. The monoisotopic (exact) mass is 230 g/mol. The van der Waals surface area contributed by atoms with Crippen molar-refractivity contribution in [3.05, 3.63) is 23.3 Å². The van der Waals surface area contributed by atoms with Crippen molar-refractivity contribution in [1.82, 2.24) is 0 Å². The van der Waals surface area contributed by atoms with Crippen molar-refractivity contribution >= 4 is 29.2 Å². The van der Waals surface area contributed by atoms with Crippen LogP contribution in [0.1, 0.15) is 33.6 Å². The van der Waals surface area contributed by atoms with Crippen LogP contribution in [0.25, 0.3) is 0 Å². The summed E-state index contributed by atoms with van der Waals surface area (Å²) in [4.78, 5) is 0. The molecule has 0 aliphatic carbocycles. The number of allylic oxidation sites excluding steroid dienone is 3. The molecule has 0 fully saturated rings. The smallest absolute Gasteiger partial charge is 0.217 e. The van der Waals surface area contributed by atoms with E-state index in [1.54, 1.807) is 0 Å². The molecule has 0 radical (unpaired) electrons. The first kappa shape index (κ1) is 13.7. The maximum Gasteiger partial charge on any atom is 0.217 e. The fourth-order valence-corrected chi connectivity index (χ4v) is 1.09. The molecular formula is C11H18OS2.